The Morgan fingerprint density at radius 3 is 2.61 bits per heavy atom. The summed E-state index contributed by atoms with van der Waals surface area (Å²) in [5.41, 5.74) is -0.152. The van der Waals surface area contributed by atoms with Crippen LogP contribution in [0.2, 0.25) is 0 Å². The Kier molecular flexibility index (Phi) is 3.97. The zero-order chi connectivity index (χ0) is 13.3. The second-order valence-electron chi connectivity index (χ2n) is 6.39. The summed E-state index contributed by atoms with van der Waals surface area (Å²) in [4.78, 5) is 17.2. The lowest BCUT2D eigenvalue weighted by atomic mass is 9.75. The fourth-order valence-corrected chi connectivity index (χ4v) is 3.30. The minimum Gasteiger partial charge on any atom is -0.341 e. The molecule has 0 aliphatic carbocycles. The summed E-state index contributed by atoms with van der Waals surface area (Å²) in [5, 5.41) is 3.37. The van der Waals surface area contributed by atoms with E-state index < -0.39 is 0 Å². The molecule has 104 valence electrons. The summed E-state index contributed by atoms with van der Waals surface area (Å²) in [7, 11) is 4.21. The third-order valence-electron chi connectivity index (χ3n) is 4.90. The molecule has 2 fully saturated rings. The Hall–Kier alpha value is -0.610. The number of amides is 1. The molecule has 0 aromatic rings. The summed E-state index contributed by atoms with van der Waals surface area (Å²) in [5.74, 6) is 0.797. The third kappa shape index (κ3) is 2.28. The van der Waals surface area contributed by atoms with Crippen molar-refractivity contribution < 1.29 is 4.79 Å². The van der Waals surface area contributed by atoms with E-state index in [2.05, 4.69) is 43.1 Å². The van der Waals surface area contributed by atoms with E-state index in [1.54, 1.807) is 0 Å². The van der Waals surface area contributed by atoms with Crippen molar-refractivity contribution in [1.29, 1.82) is 0 Å². The lowest BCUT2D eigenvalue weighted by Crippen LogP contribution is -2.48. The molecule has 2 atom stereocenters. The Morgan fingerprint density at radius 2 is 2.17 bits per heavy atom. The first-order chi connectivity index (χ1) is 8.47. The molecule has 0 saturated carbocycles. The minimum atomic E-state index is -0.152. The summed E-state index contributed by atoms with van der Waals surface area (Å²) in [6, 6.07) is 0.535. The summed E-state index contributed by atoms with van der Waals surface area (Å²) in [6.07, 6.45) is 2.10. The normalized spacial score (nSPS) is 32.8. The predicted octanol–water partition coefficient (Wildman–Crippen LogP) is 0.785. The first kappa shape index (κ1) is 13.8. The number of rotatable bonds is 3. The number of likely N-dealkylation sites (N-methyl/N-ethyl adjacent to an activating group) is 1. The molecule has 2 rings (SSSR count). The van der Waals surface area contributed by atoms with Crippen molar-refractivity contribution in [2.24, 2.45) is 11.3 Å². The van der Waals surface area contributed by atoms with Crippen molar-refractivity contribution in [3.05, 3.63) is 0 Å². The van der Waals surface area contributed by atoms with Gasteiger partial charge in [0.2, 0.25) is 5.91 Å². The third-order valence-corrected chi connectivity index (χ3v) is 4.90. The van der Waals surface area contributed by atoms with E-state index in [4.69, 9.17) is 0 Å². The van der Waals surface area contributed by atoms with Crippen molar-refractivity contribution in [2.75, 3.05) is 40.3 Å². The van der Waals surface area contributed by atoms with Crippen LogP contribution in [0.3, 0.4) is 0 Å². The fraction of sp³-hybridized carbons (Fsp3) is 0.929. The molecule has 0 bridgehead atoms. The topological polar surface area (TPSA) is 35.6 Å². The highest BCUT2D eigenvalue weighted by Crippen LogP contribution is 2.37. The summed E-state index contributed by atoms with van der Waals surface area (Å²) in [6.45, 7) is 8.03. The average Bonchev–Trinajstić information content (AvgIpc) is 2.98. The van der Waals surface area contributed by atoms with Crippen molar-refractivity contribution >= 4 is 5.91 Å². The molecule has 0 aromatic heterocycles. The van der Waals surface area contributed by atoms with E-state index in [0.717, 1.165) is 39.0 Å². The van der Waals surface area contributed by atoms with Gasteiger partial charge in [-0.2, -0.15) is 0 Å². The lowest BCUT2D eigenvalue weighted by molar-refractivity contribution is -0.142. The van der Waals surface area contributed by atoms with Crippen LogP contribution in [0.25, 0.3) is 0 Å². The van der Waals surface area contributed by atoms with Gasteiger partial charge in [-0.1, -0.05) is 13.8 Å². The molecule has 2 saturated heterocycles. The van der Waals surface area contributed by atoms with Crippen LogP contribution in [0.5, 0.6) is 0 Å². The van der Waals surface area contributed by atoms with E-state index in [1.807, 2.05) is 0 Å². The fourth-order valence-electron chi connectivity index (χ4n) is 3.30. The van der Waals surface area contributed by atoms with Gasteiger partial charge < -0.3 is 15.1 Å². The predicted molar refractivity (Wildman–Crippen MR) is 73.4 cm³/mol. The molecule has 1 N–H and O–H groups in total. The van der Waals surface area contributed by atoms with Crippen LogP contribution in [0, 0.1) is 11.3 Å². The highest BCUT2D eigenvalue weighted by atomic mass is 16.2. The molecule has 0 spiro atoms. The van der Waals surface area contributed by atoms with E-state index in [0.29, 0.717) is 17.9 Å². The van der Waals surface area contributed by atoms with Gasteiger partial charge in [0.1, 0.15) is 0 Å². The second kappa shape index (κ2) is 5.17. The van der Waals surface area contributed by atoms with Crippen molar-refractivity contribution in [3.63, 3.8) is 0 Å². The van der Waals surface area contributed by atoms with Gasteiger partial charge in [-0.3, -0.25) is 4.79 Å². The molecule has 4 nitrogen and oxygen atoms in total. The van der Waals surface area contributed by atoms with Gasteiger partial charge in [0.05, 0.1) is 5.41 Å². The molecular weight excluding hydrogens is 226 g/mol. The largest absolute Gasteiger partial charge is 0.341 e. The van der Waals surface area contributed by atoms with Crippen molar-refractivity contribution in [1.82, 2.24) is 15.1 Å². The summed E-state index contributed by atoms with van der Waals surface area (Å²) >= 11 is 0. The smallest absolute Gasteiger partial charge is 0.230 e. The average molecular weight is 253 g/mol. The number of likely N-dealkylation sites (tertiary alicyclic amines) is 1. The molecule has 2 aliphatic heterocycles. The van der Waals surface area contributed by atoms with Crippen LogP contribution < -0.4 is 5.32 Å². The maximum absolute atomic E-state index is 12.8. The zero-order valence-corrected chi connectivity index (χ0v) is 12.2. The van der Waals surface area contributed by atoms with Crippen LogP contribution in [0.15, 0.2) is 0 Å². The molecule has 4 heteroatoms. The number of carbonyl (C=O) groups excluding carboxylic acids is 1. The van der Waals surface area contributed by atoms with Gasteiger partial charge in [-0.25, -0.2) is 0 Å². The van der Waals surface area contributed by atoms with Crippen molar-refractivity contribution in [2.45, 2.75) is 32.7 Å². The maximum atomic E-state index is 12.8. The Bertz CT molecular complexity index is 308. The van der Waals surface area contributed by atoms with E-state index in [9.17, 15) is 4.79 Å². The van der Waals surface area contributed by atoms with Gasteiger partial charge in [0, 0.05) is 25.7 Å². The maximum Gasteiger partial charge on any atom is 0.230 e. The monoisotopic (exact) mass is 253 g/mol. The molecule has 2 aliphatic rings. The first-order valence-corrected chi connectivity index (χ1v) is 7.14. The zero-order valence-electron chi connectivity index (χ0n) is 12.2. The minimum absolute atomic E-state index is 0.152. The Morgan fingerprint density at radius 1 is 1.44 bits per heavy atom. The van der Waals surface area contributed by atoms with Gasteiger partial charge in [-0.15, -0.1) is 0 Å². The standard InChI is InChI=1S/C14H27N3O/c1-11(2)14(6-7-15-10-14)13(18)17-8-5-12(9-17)16(3)4/h11-12,15H,5-10H2,1-4H3. The molecule has 18 heavy (non-hydrogen) atoms. The van der Waals surface area contributed by atoms with Crippen LogP contribution in [0.1, 0.15) is 26.7 Å². The summed E-state index contributed by atoms with van der Waals surface area (Å²) < 4.78 is 0. The number of hydrogen-bond acceptors (Lipinski definition) is 3. The van der Waals surface area contributed by atoms with E-state index >= 15 is 0 Å². The molecule has 0 aromatic carbocycles. The van der Waals surface area contributed by atoms with E-state index in [1.165, 1.54) is 0 Å². The van der Waals surface area contributed by atoms with Gasteiger partial charge in [0.15, 0.2) is 0 Å². The lowest BCUT2D eigenvalue weighted by Gasteiger charge is -2.35. The quantitative estimate of drug-likeness (QED) is 0.807. The van der Waals surface area contributed by atoms with Gasteiger partial charge >= 0.3 is 0 Å². The van der Waals surface area contributed by atoms with Gasteiger partial charge in [-0.05, 0) is 39.4 Å². The molecule has 1 amide bonds. The number of nitrogens with one attached hydrogen (secondary N) is 1. The Labute approximate surface area is 111 Å². The highest BCUT2D eigenvalue weighted by molar-refractivity contribution is 5.84. The molecule has 2 unspecified atom stereocenters. The molecular formula is C14H27N3O. The van der Waals surface area contributed by atoms with Crippen molar-refractivity contribution in [3.8, 4) is 0 Å². The van der Waals surface area contributed by atoms with Crippen LogP contribution in [-0.4, -0.2) is 62.0 Å². The van der Waals surface area contributed by atoms with E-state index in [-0.39, 0.29) is 5.41 Å². The van der Waals surface area contributed by atoms with Crippen LogP contribution in [-0.2, 0) is 4.79 Å². The molecule has 2 heterocycles. The number of carbonyl (C=O) groups is 1. The first-order valence-electron chi connectivity index (χ1n) is 7.14. The van der Waals surface area contributed by atoms with Crippen LogP contribution >= 0.6 is 0 Å². The highest BCUT2D eigenvalue weighted by Gasteiger charge is 2.47. The SMILES string of the molecule is CC(C)C1(C(=O)N2CCC(N(C)C)C2)CCNC1. The number of nitrogens with zero attached hydrogens (tertiary/aromatic N) is 2. The Balaban J connectivity index is 2.07. The second-order valence-corrected chi connectivity index (χ2v) is 6.39. The molecule has 0 radical (unpaired) electrons. The number of hydrogen-bond donors (Lipinski definition) is 1. The van der Waals surface area contributed by atoms with Crippen LogP contribution in [0.4, 0.5) is 0 Å². The van der Waals surface area contributed by atoms with Gasteiger partial charge in [0.25, 0.3) is 0 Å².